The van der Waals surface area contributed by atoms with Gasteiger partial charge in [0.2, 0.25) is 0 Å². The van der Waals surface area contributed by atoms with E-state index in [4.69, 9.17) is 0 Å². The van der Waals surface area contributed by atoms with Crippen LogP contribution in [0.4, 0.5) is 5.69 Å². The van der Waals surface area contributed by atoms with Crippen LogP contribution in [0.15, 0.2) is 53.7 Å². The first-order valence-electron chi connectivity index (χ1n) is 6.88. The number of nitrogens with one attached hydrogen (secondary N) is 2. The van der Waals surface area contributed by atoms with Crippen molar-refractivity contribution in [3.05, 3.63) is 54.4 Å². The van der Waals surface area contributed by atoms with Crippen LogP contribution in [0.25, 0.3) is 0 Å². The number of nitrogens with zero attached hydrogens (tertiary/aromatic N) is 1. The van der Waals surface area contributed by atoms with E-state index in [9.17, 15) is 13.2 Å². The van der Waals surface area contributed by atoms with Gasteiger partial charge in [-0.1, -0.05) is 18.2 Å². The Balaban J connectivity index is 1.79. The maximum absolute atomic E-state index is 12.2. The molecule has 1 aliphatic rings. The molecule has 0 saturated heterocycles. The number of carbonyl (C=O) groups is 1. The average Bonchev–Trinajstić information content (AvgIpc) is 3.32. The molecule has 1 saturated carbocycles. The van der Waals surface area contributed by atoms with E-state index in [1.54, 1.807) is 18.2 Å². The van der Waals surface area contributed by atoms with Gasteiger partial charge in [0.05, 0.1) is 22.3 Å². The fourth-order valence-electron chi connectivity index (χ4n) is 1.93. The monoisotopic (exact) mass is 317 g/mol. The van der Waals surface area contributed by atoms with Crippen molar-refractivity contribution in [3.8, 4) is 0 Å². The highest BCUT2D eigenvalue weighted by Gasteiger charge is 2.24. The molecule has 7 heteroatoms. The van der Waals surface area contributed by atoms with Gasteiger partial charge in [-0.15, -0.1) is 0 Å². The quantitative estimate of drug-likeness (QED) is 0.880. The first kappa shape index (κ1) is 14.5. The molecule has 0 radical (unpaired) electrons. The van der Waals surface area contributed by atoms with Crippen molar-refractivity contribution in [2.24, 2.45) is 0 Å². The third kappa shape index (κ3) is 3.43. The molecule has 0 unspecified atom stereocenters. The van der Waals surface area contributed by atoms with Crippen LogP contribution in [0.3, 0.4) is 0 Å². The SMILES string of the molecule is O=C(NC1CC1)c1cncc(NS(=O)(=O)c2ccccc2)c1. The summed E-state index contributed by atoms with van der Waals surface area (Å²) in [5.74, 6) is -0.240. The summed E-state index contributed by atoms with van der Waals surface area (Å²) in [5, 5.41) is 2.84. The molecule has 1 aromatic heterocycles. The standard InChI is InChI=1S/C15H15N3O3S/c19-15(17-12-6-7-12)11-8-13(10-16-9-11)18-22(20,21)14-4-2-1-3-5-14/h1-5,8-10,12,18H,6-7H2,(H,17,19). The highest BCUT2D eigenvalue weighted by Crippen LogP contribution is 2.20. The molecule has 1 heterocycles. The van der Waals surface area contributed by atoms with Crippen molar-refractivity contribution in [1.29, 1.82) is 0 Å². The van der Waals surface area contributed by atoms with E-state index >= 15 is 0 Å². The minimum absolute atomic E-state index is 0.155. The van der Waals surface area contributed by atoms with E-state index < -0.39 is 10.0 Å². The predicted octanol–water partition coefficient (Wildman–Crippen LogP) is 1.77. The second-order valence-electron chi connectivity index (χ2n) is 5.13. The Bertz CT molecular complexity index is 787. The molecule has 3 rings (SSSR count). The number of hydrogen-bond donors (Lipinski definition) is 2. The normalized spacial score (nSPS) is 14.4. The average molecular weight is 317 g/mol. The summed E-state index contributed by atoms with van der Waals surface area (Å²) in [6.45, 7) is 0. The fourth-order valence-corrected chi connectivity index (χ4v) is 2.99. The van der Waals surface area contributed by atoms with Gasteiger partial charge in [0.25, 0.3) is 15.9 Å². The first-order chi connectivity index (χ1) is 10.5. The van der Waals surface area contributed by atoms with Gasteiger partial charge in [0.1, 0.15) is 0 Å². The second kappa shape index (κ2) is 5.76. The topological polar surface area (TPSA) is 88.2 Å². The molecule has 114 valence electrons. The smallest absolute Gasteiger partial charge is 0.261 e. The van der Waals surface area contributed by atoms with Gasteiger partial charge >= 0.3 is 0 Å². The van der Waals surface area contributed by atoms with Gasteiger partial charge in [-0.2, -0.15) is 0 Å². The summed E-state index contributed by atoms with van der Waals surface area (Å²) in [4.78, 5) is 16.0. The highest BCUT2D eigenvalue weighted by atomic mass is 32.2. The van der Waals surface area contributed by atoms with Gasteiger partial charge in [-0.3, -0.25) is 14.5 Å². The Labute approximate surface area is 128 Å². The molecule has 0 bridgehead atoms. The Morgan fingerprint density at radius 3 is 2.55 bits per heavy atom. The minimum Gasteiger partial charge on any atom is -0.349 e. The lowest BCUT2D eigenvalue weighted by atomic mass is 10.2. The number of rotatable bonds is 5. The van der Waals surface area contributed by atoms with E-state index in [0.29, 0.717) is 5.56 Å². The maximum atomic E-state index is 12.2. The minimum atomic E-state index is -3.69. The molecule has 1 fully saturated rings. The van der Waals surface area contributed by atoms with E-state index in [-0.39, 0.29) is 22.5 Å². The van der Waals surface area contributed by atoms with Gasteiger partial charge < -0.3 is 5.32 Å². The maximum Gasteiger partial charge on any atom is 0.261 e. The van der Waals surface area contributed by atoms with Gasteiger partial charge in [-0.05, 0) is 31.0 Å². The van der Waals surface area contributed by atoms with Crippen LogP contribution in [-0.4, -0.2) is 25.4 Å². The van der Waals surface area contributed by atoms with E-state index in [0.717, 1.165) is 12.8 Å². The molecule has 1 aliphatic carbocycles. The number of benzene rings is 1. The molecule has 22 heavy (non-hydrogen) atoms. The Morgan fingerprint density at radius 2 is 1.86 bits per heavy atom. The molecular formula is C15H15N3O3S. The molecule has 6 nitrogen and oxygen atoms in total. The number of anilines is 1. The fraction of sp³-hybridized carbons (Fsp3) is 0.200. The van der Waals surface area contributed by atoms with Crippen molar-refractivity contribution in [1.82, 2.24) is 10.3 Å². The van der Waals surface area contributed by atoms with E-state index in [1.165, 1.54) is 30.6 Å². The van der Waals surface area contributed by atoms with Crippen LogP contribution in [0.2, 0.25) is 0 Å². The second-order valence-corrected chi connectivity index (χ2v) is 6.81. The number of hydrogen-bond acceptors (Lipinski definition) is 4. The zero-order valence-corrected chi connectivity index (χ0v) is 12.5. The van der Waals surface area contributed by atoms with Crippen molar-refractivity contribution >= 4 is 21.6 Å². The molecule has 1 aromatic carbocycles. The highest BCUT2D eigenvalue weighted by molar-refractivity contribution is 7.92. The van der Waals surface area contributed by atoms with Gasteiger partial charge in [0, 0.05) is 12.2 Å². The van der Waals surface area contributed by atoms with Crippen LogP contribution in [0, 0.1) is 0 Å². The van der Waals surface area contributed by atoms with Crippen molar-refractivity contribution in [2.45, 2.75) is 23.8 Å². The van der Waals surface area contributed by atoms with Gasteiger partial charge in [0.15, 0.2) is 0 Å². The summed E-state index contributed by atoms with van der Waals surface area (Å²) in [5.41, 5.74) is 0.590. The Hall–Kier alpha value is -2.41. The summed E-state index contributed by atoms with van der Waals surface area (Å²) in [6, 6.07) is 9.74. The third-order valence-electron chi connectivity index (χ3n) is 3.22. The number of sulfonamides is 1. The van der Waals surface area contributed by atoms with Crippen molar-refractivity contribution in [2.75, 3.05) is 4.72 Å². The number of amides is 1. The molecule has 2 N–H and O–H groups in total. The van der Waals surface area contributed by atoms with E-state index in [1.807, 2.05) is 0 Å². The summed E-state index contributed by atoms with van der Waals surface area (Å²) in [7, 11) is -3.69. The lowest BCUT2D eigenvalue weighted by molar-refractivity contribution is 0.0950. The molecule has 0 atom stereocenters. The summed E-state index contributed by atoms with van der Waals surface area (Å²) >= 11 is 0. The molecule has 0 spiro atoms. The first-order valence-corrected chi connectivity index (χ1v) is 8.37. The lowest BCUT2D eigenvalue weighted by Gasteiger charge is -2.09. The number of carbonyl (C=O) groups excluding carboxylic acids is 1. The molecular weight excluding hydrogens is 302 g/mol. The van der Waals surface area contributed by atoms with Crippen LogP contribution < -0.4 is 10.0 Å². The van der Waals surface area contributed by atoms with Gasteiger partial charge in [-0.25, -0.2) is 8.42 Å². The predicted molar refractivity (Wildman–Crippen MR) is 82.0 cm³/mol. The summed E-state index contributed by atoms with van der Waals surface area (Å²) < 4.78 is 26.9. The van der Waals surface area contributed by atoms with Crippen LogP contribution in [-0.2, 0) is 10.0 Å². The third-order valence-corrected chi connectivity index (χ3v) is 4.62. The zero-order valence-electron chi connectivity index (χ0n) is 11.7. The van der Waals surface area contributed by atoms with Crippen LogP contribution in [0.1, 0.15) is 23.2 Å². The molecule has 0 aliphatic heterocycles. The number of aromatic nitrogens is 1. The van der Waals surface area contributed by atoms with Crippen molar-refractivity contribution in [3.63, 3.8) is 0 Å². The van der Waals surface area contributed by atoms with Crippen molar-refractivity contribution < 1.29 is 13.2 Å². The Kier molecular flexibility index (Phi) is 3.81. The van der Waals surface area contributed by atoms with E-state index in [2.05, 4.69) is 15.0 Å². The lowest BCUT2D eigenvalue weighted by Crippen LogP contribution is -2.25. The molecule has 2 aromatic rings. The number of pyridine rings is 1. The largest absolute Gasteiger partial charge is 0.349 e. The Morgan fingerprint density at radius 1 is 1.14 bits per heavy atom. The summed E-state index contributed by atoms with van der Waals surface area (Å²) in [6.07, 6.45) is 4.76. The molecule has 1 amide bonds. The van der Waals surface area contributed by atoms with Crippen LogP contribution in [0.5, 0.6) is 0 Å². The zero-order chi connectivity index (χ0) is 15.6. The van der Waals surface area contributed by atoms with Crippen LogP contribution >= 0.6 is 0 Å².